The van der Waals surface area contributed by atoms with Gasteiger partial charge in [-0.05, 0) is 97.4 Å². The van der Waals surface area contributed by atoms with Crippen LogP contribution in [0.25, 0.3) is 165 Å². The predicted molar refractivity (Wildman–Crippen MR) is 359 cm³/mol. The van der Waals surface area contributed by atoms with Crippen LogP contribution in [0.1, 0.15) is 13.3 Å². The summed E-state index contributed by atoms with van der Waals surface area (Å²) in [6.45, 7) is 2.41. The molecule has 18 aromatic rings. The average Bonchev–Trinajstić information content (AvgIpc) is 1.73. The first-order chi connectivity index (χ1) is 42.1. The molecule has 6 aromatic heterocycles. The first kappa shape index (κ1) is 46.5. The Hall–Kier alpha value is -11.1. The second kappa shape index (κ2) is 17.5. The average molecular weight is 1090 g/mol. The Morgan fingerprint density at radius 2 is 0.588 bits per heavy atom. The van der Waals surface area contributed by atoms with E-state index >= 15 is 0 Å². The van der Waals surface area contributed by atoms with Crippen LogP contribution < -0.4 is 0 Å². The van der Waals surface area contributed by atoms with Crippen molar-refractivity contribution in [2.45, 2.75) is 13.3 Å². The summed E-state index contributed by atoms with van der Waals surface area (Å²) in [6.07, 6.45) is 5.88. The third-order valence-electron chi connectivity index (χ3n) is 18.8. The molecular formula is C79H52N6. The minimum Gasteiger partial charge on any atom is -0.312 e. The quantitative estimate of drug-likeness (QED) is 0.159. The predicted octanol–water partition coefficient (Wildman–Crippen LogP) is 20.7. The van der Waals surface area contributed by atoms with E-state index in [1.807, 2.05) is 0 Å². The summed E-state index contributed by atoms with van der Waals surface area (Å²) in [5, 5.41) is 14.9. The Labute approximate surface area is 488 Å². The lowest BCUT2D eigenvalue weighted by atomic mass is 9.96. The van der Waals surface area contributed by atoms with Gasteiger partial charge in [0.05, 0.1) is 83.3 Å². The number of benzene rings is 12. The van der Waals surface area contributed by atoms with Crippen LogP contribution in [0, 0.1) is 5.92 Å². The van der Waals surface area contributed by atoms with Crippen LogP contribution in [0.5, 0.6) is 0 Å². The molecule has 0 aliphatic heterocycles. The van der Waals surface area contributed by atoms with Gasteiger partial charge in [0.25, 0.3) is 0 Å². The van der Waals surface area contributed by atoms with Crippen molar-refractivity contribution in [3.8, 4) is 22.7 Å². The normalized spacial score (nSPS) is 14.2. The summed E-state index contributed by atoms with van der Waals surface area (Å²) >= 11 is 0. The van der Waals surface area contributed by atoms with Crippen LogP contribution in [0.15, 0.2) is 279 Å². The summed E-state index contributed by atoms with van der Waals surface area (Å²) < 4.78 is 15.2. The zero-order valence-electron chi connectivity index (χ0n) is 46.5. The van der Waals surface area contributed by atoms with Crippen molar-refractivity contribution in [1.82, 2.24) is 27.4 Å². The lowest BCUT2D eigenvalue weighted by Crippen LogP contribution is -2.12. The highest BCUT2D eigenvalue weighted by Crippen LogP contribution is 2.48. The highest BCUT2D eigenvalue weighted by molar-refractivity contribution is 6.28. The number of aromatic nitrogens is 6. The number of hydrogen-bond donors (Lipinski definition) is 0. The summed E-state index contributed by atoms with van der Waals surface area (Å²) in [4.78, 5) is 0. The number of nitrogens with zero attached hydrogens (tertiary/aromatic N) is 6. The summed E-state index contributed by atoms with van der Waals surface area (Å²) in [7, 11) is 0. The molecule has 12 aromatic carbocycles. The van der Waals surface area contributed by atoms with E-state index in [2.05, 4.69) is 313 Å². The molecule has 1 unspecified atom stereocenters. The van der Waals surface area contributed by atoms with Crippen molar-refractivity contribution in [1.29, 1.82) is 0 Å². The molecule has 1 aliphatic rings. The van der Waals surface area contributed by atoms with Crippen LogP contribution >= 0.6 is 0 Å². The van der Waals surface area contributed by atoms with Crippen molar-refractivity contribution in [2.75, 3.05) is 0 Å². The van der Waals surface area contributed by atoms with E-state index in [4.69, 9.17) is 0 Å². The van der Waals surface area contributed by atoms with E-state index in [9.17, 15) is 0 Å². The Balaban J connectivity index is 0.899. The molecule has 1 aliphatic carbocycles. The zero-order chi connectivity index (χ0) is 55.6. The van der Waals surface area contributed by atoms with E-state index in [1.54, 1.807) is 0 Å². The first-order valence-electron chi connectivity index (χ1n) is 29.7. The van der Waals surface area contributed by atoms with E-state index < -0.39 is 0 Å². The highest BCUT2D eigenvalue weighted by atomic mass is 15.1. The van der Waals surface area contributed by atoms with Gasteiger partial charge in [0, 0.05) is 87.6 Å². The summed E-state index contributed by atoms with van der Waals surface area (Å²) in [6, 6.07) is 99.1. The van der Waals surface area contributed by atoms with Crippen molar-refractivity contribution in [3.63, 3.8) is 0 Å². The van der Waals surface area contributed by atoms with Crippen molar-refractivity contribution in [2.24, 2.45) is 5.92 Å². The highest BCUT2D eigenvalue weighted by Gasteiger charge is 2.28. The van der Waals surface area contributed by atoms with Crippen LogP contribution in [-0.4, -0.2) is 27.4 Å². The van der Waals surface area contributed by atoms with Crippen LogP contribution in [0.2, 0.25) is 0 Å². The maximum absolute atomic E-state index is 2.64. The van der Waals surface area contributed by atoms with Gasteiger partial charge < -0.3 is 27.4 Å². The van der Waals surface area contributed by atoms with Gasteiger partial charge in [-0.3, -0.25) is 0 Å². The van der Waals surface area contributed by atoms with E-state index in [-0.39, 0.29) is 5.92 Å². The van der Waals surface area contributed by atoms with Crippen LogP contribution in [0.3, 0.4) is 0 Å². The molecule has 19 rings (SSSR count). The van der Waals surface area contributed by atoms with Gasteiger partial charge in [0.1, 0.15) is 0 Å². The van der Waals surface area contributed by atoms with Gasteiger partial charge in [0.2, 0.25) is 0 Å². The third-order valence-corrected chi connectivity index (χ3v) is 18.8. The van der Waals surface area contributed by atoms with Crippen molar-refractivity contribution in [3.05, 3.63) is 279 Å². The van der Waals surface area contributed by atoms with Crippen LogP contribution in [-0.2, 0) is 0 Å². The van der Waals surface area contributed by atoms with E-state index in [1.165, 1.54) is 131 Å². The summed E-state index contributed by atoms with van der Waals surface area (Å²) in [5.41, 5.74) is 21.2. The molecule has 0 saturated heterocycles. The first-order valence-corrected chi connectivity index (χ1v) is 29.7. The Kier molecular flexibility index (Phi) is 9.56. The second-order valence-electron chi connectivity index (χ2n) is 23.2. The number of hydrogen-bond acceptors (Lipinski definition) is 0. The fourth-order valence-corrected chi connectivity index (χ4v) is 15.2. The SMILES string of the molecule is CC1CC=C(n2c3ccccc3c3ccc4c5ccccc5n(-c5ccccc5)c4c32)C=C1n1c2ccccc2c2ccc3c(c4ccccc4n3-c3cc(-n4c5ccccc5c5ccccc54)cc(-n4c5ccccc5c5ccccc54)c3)c21. The lowest BCUT2D eigenvalue weighted by molar-refractivity contribution is 0.724. The van der Waals surface area contributed by atoms with Gasteiger partial charge in [0.15, 0.2) is 0 Å². The molecule has 0 bridgehead atoms. The molecule has 398 valence electrons. The molecule has 0 amide bonds. The minimum atomic E-state index is 0.201. The Bertz CT molecular complexity index is 5720. The van der Waals surface area contributed by atoms with Gasteiger partial charge in [-0.15, -0.1) is 0 Å². The van der Waals surface area contributed by atoms with Crippen LogP contribution in [0.4, 0.5) is 0 Å². The fourth-order valence-electron chi connectivity index (χ4n) is 15.2. The largest absolute Gasteiger partial charge is 0.312 e. The molecule has 0 fully saturated rings. The molecule has 0 saturated carbocycles. The molecule has 6 heterocycles. The lowest BCUT2D eigenvalue weighted by Gasteiger charge is -2.25. The fraction of sp³-hybridized carbons (Fsp3) is 0.0380. The van der Waals surface area contributed by atoms with E-state index in [0.29, 0.717) is 0 Å². The zero-order valence-corrected chi connectivity index (χ0v) is 46.5. The molecule has 1 atom stereocenters. The Morgan fingerprint density at radius 1 is 0.259 bits per heavy atom. The standard InChI is InChI=1S/C79H52N6/c1-49-39-40-51(84-71-36-18-10-29-61(71)64-42-41-63-60-28-9-17-35-70(60)83(78(63)79(64)84)50-21-3-2-4-22-50)48-75(49)85-72-37-19-11-27-59(72)62-43-44-74-76(77(62)85)65-30-12-20-38-73(65)82(74)54-46-52(80-66-31-13-5-23-55(66)56-24-6-14-32-67(56)80)45-53(47-54)81-68-33-15-7-25-57(68)58-26-8-16-34-69(58)81/h2-38,40-49H,39H2,1H3. The molecule has 0 spiro atoms. The maximum Gasteiger partial charge on any atom is 0.0788 e. The maximum atomic E-state index is 2.64. The summed E-state index contributed by atoms with van der Waals surface area (Å²) in [5.74, 6) is 0.201. The van der Waals surface area contributed by atoms with Crippen molar-refractivity contribution < 1.29 is 0 Å². The monoisotopic (exact) mass is 1080 g/mol. The third kappa shape index (κ3) is 6.37. The molecule has 6 nitrogen and oxygen atoms in total. The van der Waals surface area contributed by atoms with Crippen molar-refractivity contribution >= 4 is 142 Å². The second-order valence-corrected chi connectivity index (χ2v) is 23.2. The van der Waals surface area contributed by atoms with Gasteiger partial charge in [-0.1, -0.05) is 195 Å². The number of fused-ring (bicyclic) bond motifs is 20. The molecule has 0 radical (unpaired) electrons. The number of para-hydroxylation sites is 9. The van der Waals surface area contributed by atoms with Gasteiger partial charge in [-0.2, -0.15) is 0 Å². The number of allylic oxidation sites excluding steroid dienone is 4. The van der Waals surface area contributed by atoms with E-state index in [0.717, 1.165) is 40.2 Å². The molecule has 6 heteroatoms. The topological polar surface area (TPSA) is 29.6 Å². The molecule has 0 N–H and O–H groups in total. The number of rotatable bonds is 6. The molecule has 85 heavy (non-hydrogen) atoms. The van der Waals surface area contributed by atoms with Gasteiger partial charge >= 0.3 is 0 Å². The van der Waals surface area contributed by atoms with Gasteiger partial charge in [-0.25, -0.2) is 0 Å². The molecular weight excluding hydrogens is 1030 g/mol. The Morgan fingerprint density at radius 3 is 1.06 bits per heavy atom. The smallest absolute Gasteiger partial charge is 0.0788 e. The minimum absolute atomic E-state index is 0.201.